The summed E-state index contributed by atoms with van der Waals surface area (Å²) in [6.45, 7) is 3.91. The SMILES string of the molecule is Cc1cc(C(=O)O)ccc1NC(C)c1ccccn1. The third-order valence-electron chi connectivity index (χ3n) is 2.98. The van der Waals surface area contributed by atoms with Gasteiger partial charge in [0, 0.05) is 11.9 Å². The molecule has 2 aromatic rings. The Morgan fingerprint density at radius 1 is 1.32 bits per heavy atom. The minimum atomic E-state index is -0.910. The first-order valence-electron chi connectivity index (χ1n) is 6.09. The molecule has 98 valence electrons. The number of nitrogens with zero attached hydrogens (tertiary/aromatic N) is 1. The van der Waals surface area contributed by atoms with Crippen molar-refractivity contribution in [3.63, 3.8) is 0 Å². The molecule has 1 aromatic heterocycles. The molecule has 2 rings (SSSR count). The second-order valence-electron chi connectivity index (χ2n) is 4.46. The van der Waals surface area contributed by atoms with Gasteiger partial charge in [-0.2, -0.15) is 0 Å². The summed E-state index contributed by atoms with van der Waals surface area (Å²) in [6, 6.07) is 10.9. The van der Waals surface area contributed by atoms with Gasteiger partial charge in [-0.1, -0.05) is 6.07 Å². The van der Waals surface area contributed by atoms with Gasteiger partial charge in [-0.3, -0.25) is 4.98 Å². The Morgan fingerprint density at radius 2 is 2.11 bits per heavy atom. The summed E-state index contributed by atoms with van der Waals surface area (Å²) in [6.07, 6.45) is 1.76. The summed E-state index contributed by atoms with van der Waals surface area (Å²) in [4.78, 5) is 15.2. The van der Waals surface area contributed by atoms with Crippen LogP contribution in [-0.4, -0.2) is 16.1 Å². The van der Waals surface area contributed by atoms with Gasteiger partial charge in [-0.25, -0.2) is 4.79 Å². The minimum Gasteiger partial charge on any atom is -0.478 e. The Balaban J connectivity index is 2.18. The quantitative estimate of drug-likeness (QED) is 0.881. The number of nitrogens with one attached hydrogen (secondary N) is 1. The van der Waals surface area contributed by atoms with Gasteiger partial charge >= 0.3 is 5.97 Å². The molecule has 1 unspecified atom stereocenters. The van der Waals surface area contributed by atoms with Gasteiger partial charge in [0.1, 0.15) is 0 Å². The van der Waals surface area contributed by atoms with Gasteiger partial charge in [0.05, 0.1) is 17.3 Å². The van der Waals surface area contributed by atoms with E-state index in [0.717, 1.165) is 16.9 Å². The molecule has 0 bridgehead atoms. The average Bonchev–Trinajstić information content (AvgIpc) is 2.41. The fourth-order valence-corrected chi connectivity index (χ4v) is 1.90. The van der Waals surface area contributed by atoms with E-state index in [0.29, 0.717) is 5.56 Å². The summed E-state index contributed by atoms with van der Waals surface area (Å²) in [5.41, 5.74) is 3.07. The van der Waals surface area contributed by atoms with Crippen LogP contribution in [0.15, 0.2) is 42.6 Å². The number of anilines is 1. The Labute approximate surface area is 112 Å². The maximum absolute atomic E-state index is 10.9. The number of carboxylic acid groups (broad SMARTS) is 1. The topological polar surface area (TPSA) is 62.2 Å². The van der Waals surface area contributed by atoms with Gasteiger partial charge in [0.25, 0.3) is 0 Å². The van der Waals surface area contributed by atoms with E-state index in [1.54, 1.807) is 24.4 Å². The fourth-order valence-electron chi connectivity index (χ4n) is 1.90. The number of carbonyl (C=O) groups is 1. The summed E-state index contributed by atoms with van der Waals surface area (Å²) >= 11 is 0. The predicted octanol–water partition coefficient (Wildman–Crippen LogP) is 3.26. The molecule has 0 radical (unpaired) electrons. The van der Waals surface area contributed by atoms with Gasteiger partial charge < -0.3 is 10.4 Å². The predicted molar refractivity (Wildman–Crippen MR) is 74.4 cm³/mol. The first-order chi connectivity index (χ1) is 9.08. The molecule has 19 heavy (non-hydrogen) atoms. The van der Waals surface area contributed by atoms with Crippen LogP contribution in [-0.2, 0) is 0 Å². The van der Waals surface area contributed by atoms with Crippen LogP contribution in [0, 0.1) is 6.92 Å². The molecule has 2 N–H and O–H groups in total. The Bertz CT molecular complexity index is 582. The number of benzene rings is 1. The maximum Gasteiger partial charge on any atom is 0.335 e. The summed E-state index contributed by atoms with van der Waals surface area (Å²) in [7, 11) is 0. The van der Waals surface area contributed by atoms with E-state index in [9.17, 15) is 4.79 Å². The lowest BCUT2D eigenvalue weighted by atomic mass is 10.1. The van der Waals surface area contributed by atoms with Crippen LogP contribution in [0.3, 0.4) is 0 Å². The van der Waals surface area contributed by atoms with Crippen LogP contribution < -0.4 is 5.32 Å². The van der Waals surface area contributed by atoms with Crippen molar-refractivity contribution in [3.05, 3.63) is 59.4 Å². The van der Waals surface area contributed by atoms with Gasteiger partial charge in [0.2, 0.25) is 0 Å². The second-order valence-corrected chi connectivity index (χ2v) is 4.46. The molecule has 4 heteroatoms. The molecule has 4 nitrogen and oxygen atoms in total. The zero-order valence-corrected chi connectivity index (χ0v) is 10.9. The molecule has 0 spiro atoms. The number of hydrogen-bond acceptors (Lipinski definition) is 3. The molecule has 0 aliphatic heterocycles. The minimum absolute atomic E-state index is 0.0654. The molecule has 1 atom stereocenters. The second kappa shape index (κ2) is 5.52. The maximum atomic E-state index is 10.9. The van der Waals surface area contributed by atoms with E-state index in [4.69, 9.17) is 5.11 Å². The van der Waals surface area contributed by atoms with Crippen molar-refractivity contribution < 1.29 is 9.90 Å². The van der Waals surface area contributed by atoms with Crippen molar-refractivity contribution in [1.29, 1.82) is 0 Å². The molecule has 0 saturated carbocycles. The van der Waals surface area contributed by atoms with E-state index in [2.05, 4.69) is 10.3 Å². The lowest BCUT2D eigenvalue weighted by Crippen LogP contribution is -2.09. The number of aromatic carboxylic acids is 1. The standard InChI is InChI=1S/C15H16N2O2/c1-10-9-12(15(18)19)6-7-13(10)17-11(2)14-5-3-4-8-16-14/h3-9,11,17H,1-2H3,(H,18,19). The number of carboxylic acids is 1. The molecule has 0 aliphatic carbocycles. The highest BCUT2D eigenvalue weighted by atomic mass is 16.4. The smallest absolute Gasteiger partial charge is 0.335 e. The molecule has 0 fully saturated rings. The van der Waals surface area contributed by atoms with Gasteiger partial charge in [0.15, 0.2) is 0 Å². The number of aryl methyl sites for hydroxylation is 1. The number of rotatable bonds is 4. The number of hydrogen-bond donors (Lipinski definition) is 2. The Kier molecular flexibility index (Phi) is 3.80. The number of pyridine rings is 1. The van der Waals surface area contributed by atoms with Crippen molar-refractivity contribution in [2.24, 2.45) is 0 Å². The van der Waals surface area contributed by atoms with Crippen molar-refractivity contribution in [1.82, 2.24) is 4.98 Å². The zero-order chi connectivity index (χ0) is 13.8. The highest BCUT2D eigenvalue weighted by Crippen LogP contribution is 2.22. The first kappa shape index (κ1) is 13.1. The molecular formula is C15H16N2O2. The van der Waals surface area contributed by atoms with E-state index < -0.39 is 5.97 Å². The first-order valence-corrected chi connectivity index (χ1v) is 6.09. The van der Waals surface area contributed by atoms with Crippen LogP contribution >= 0.6 is 0 Å². The molecule has 0 aliphatic rings. The van der Waals surface area contributed by atoms with Crippen molar-refractivity contribution >= 4 is 11.7 Å². The fraction of sp³-hybridized carbons (Fsp3) is 0.200. The highest BCUT2D eigenvalue weighted by molar-refractivity contribution is 5.88. The highest BCUT2D eigenvalue weighted by Gasteiger charge is 2.09. The summed E-state index contributed by atoms with van der Waals surface area (Å²) < 4.78 is 0. The summed E-state index contributed by atoms with van der Waals surface area (Å²) in [5.74, 6) is -0.910. The molecule has 1 heterocycles. The van der Waals surface area contributed by atoms with E-state index in [-0.39, 0.29) is 6.04 Å². The van der Waals surface area contributed by atoms with E-state index in [1.807, 2.05) is 32.0 Å². The third kappa shape index (κ3) is 3.10. The lowest BCUT2D eigenvalue weighted by molar-refractivity contribution is 0.0697. The lowest BCUT2D eigenvalue weighted by Gasteiger charge is -2.16. The van der Waals surface area contributed by atoms with Crippen LogP contribution in [0.25, 0.3) is 0 Å². The van der Waals surface area contributed by atoms with Crippen LogP contribution in [0.4, 0.5) is 5.69 Å². The largest absolute Gasteiger partial charge is 0.478 e. The summed E-state index contributed by atoms with van der Waals surface area (Å²) in [5, 5.41) is 12.3. The third-order valence-corrected chi connectivity index (χ3v) is 2.98. The molecule has 0 amide bonds. The molecular weight excluding hydrogens is 240 g/mol. The van der Waals surface area contributed by atoms with Crippen LogP contribution in [0.1, 0.15) is 34.6 Å². The Hall–Kier alpha value is -2.36. The van der Waals surface area contributed by atoms with E-state index in [1.165, 1.54) is 0 Å². The zero-order valence-electron chi connectivity index (χ0n) is 10.9. The van der Waals surface area contributed by atoms with Crippen LogP contribution in [0.2, 0.25) is 0 Å². The normalized spacial score (nSPS) is 11.9. The van der Waals surface area contributed by atoms with Crippen LogP contribution in [0.5, 0.6) is 0 Å². The molecule has 0 saturated heterocycles. The van der Waals surface area contributed by atoms with Gasteiger partial charge in [-0.05, 0) is 49.7 Å². The number of aromatic nitrogens is 1. The van der Waals surface area contributed by atoms with Crippen molar-refractivity contribution in [2.45, 2.75) is 19.9 Å². The average molecular weight is 256 g/mol. The van der Waals surface area contributed by atoms with Crippen molar-refractivity contribution in [3.8, 4) is 0 Å². The van der Waals surface area contributed by atoms with Crippen molar-refractivity contribution in [2.75, 3.05) is 5.32 Å². The van der Waals surface area contributed by atoms with Gasteiger partial charge in [-0.15, -0.1) is 0 Å². The van der Waals surface area contributed by atoms with E-state index >= 15 is 0 Å². The molecule has 1 aromatic carbocycles. The monoisotopic (exact) mass is 256 g/mol. The Morgan fingerprint density at radius 3 is 2.68 bits per heavy atom.